The molecule has 7 heteroatoms. The highest BCUT2D eigenvalue weighted by molar-refractivity contribution is 5.87. The molecule has 3 aliphatic heterocycles. The molecule has 0 bridgehead atoms. The fourth-order valence-electron chi connectivity index (χ4n) is 4.08. The van der Waals surface area contributed by atoms with Crippen LogP contribution in [-0.2, 0) is 11.3 Å². The minimum atomic E-state index is 0.00551. The van der Waals surface area contributed by atoms with Crippen LogP contribution >= 0.6 is 0 Å². The summed E-state index contributed by atoms with van der Waals surface area (Å²) in [6.07, 6.45) is 6.78. The number of methoxy groups -OCH3 is 2. The molecule has 0 radical (unpaired) electrons. The Bertz CT molecular complexity index is 698. The zero-order valence-electron chi connectivity index (χ0n) is 16.2. The van der Waals surface area contributed by atoms with Gasteiger partial charge in [0, 0.05) is 24.9 Å². The summed E-state index contributed by atoms with van der Waals surface area (Å²) >= 11 is 0. The fourth-order valence-corrected chi connectivity index (χ4v) is 4.08. The van der Waals surface area contributed by atoms with E-state index in [1.54, 1.807) is 14.2 Å². The monoisotopic (exact) mass is 376 g/mol. The van der Waals surface area contributed by atoms with E-state index >= 15 is 0 Å². The molecule has 0 N–H and O–H groups in total. The third-order valence-electron chi connectivity index (χ3n) is 5.41. The molecule has 148 valence electrons. The van der Waals surface area contributed by atoms with Crippen molar-refractivity contribution in [3.8, 4) is 23.0 Å². The first kappa shape index (κ1) is 18.2. The summed E-state index contributed by atoms with van der Waals surface area (Å²) in [4.78, 5) is 8.23. The highest BCUT2D eigenvalue weighted by atomic mass is 16.7. The van der Waals surface area contributed by atoms with Crippen molar-refractivity contribution in [3.05, 3.63) is 11.6 Å². The number of likely N-dealkylation sites (tertiary alicyclic amines) is 1. The quantitative estimate of drug-likeness (QED) is 0.761. The van der Waals surface area contributed by atoms with E-state index < -0.39 is 0 Å². The van der Waals surface area contributed by atoms with Gasteiger partial charge < -0.3 is 23.8 Å². The van der Waals surface area contributed by atoms with Gasteiger partial charge in [0.15, 0.2) is 11.5 Å². The molecular formula is C20H28N2O5. The second-order valence-corrected chi connectivity index (χ2v) is 7.32. The Labute approximate surface area is 160 Å². The first-order valence-corrected chi connectivity index (χ1v) is 9.76. The molecule has 0 amide bonds. The van der Waals surface area contributed by atoms with Crippen LogP contribution in [0.3, 0.4) is 0 Å². The molecule has 1 fully saturated rings. The zero-order chi connectivity index (χ0) is 18.6. The Balaban J connectivity index is 1.42. The van der Waals surface area contributed by atoms with E-state index in [9.17, 15) is 0 Å². The molecule has 1 aromatic carbocycles. The van der Waals surface area contributed by atoms with Gasteiger partial charge in [-0.15, -0.1) is 0 Å². The van der Waals surface area contributed by atoms with E-state index in [1.165, 1.54) is 25.7 Å². The van der Waals surface area contributed by atoms with Crippen LogP contribution in [0.5, 0.6) is 23.0 Å². The van der Waals surface area contributed by atoms with Crippen molar-refractivity contribution in [2.45, 2.75) is 44.6 Å². The normalized spacial score (nSPS) is 22.1. The number of benzene rings is 1. The smallest absolute Gasteiger partial charge is 0.231 e. The molecule has 1 saturated heterocycles. The summed E-state index contributed by atoms with van der Waals surface area (Å²) in [5.41, 5.74) is 2.11. The van der Waals surface area contributed by atoms with Crippen molar-refractivity contribution < 1.29 is 23.8 Å². The van der Waals surface area contributed by atoms with Crippen molar-refractivity contribution in [1.82, 2.24) is 4.90 Å². The van der Waals surface area contributed by atoms with Crippen molar-refractivity contribution in [3.63, 3.8) is 0 Å². The second kappa shape index (κ2) is 8.25. The average Bonchev–Trinajstić information content (AvgIpc) is 3.26. The number of hydrogen-bond donors (Lipinski definition) is 0. The van der Waals surface area contributed by atoms with Gasteiger partial charge in [-0.1, -0.05) is 18.0 Å². The van der Waals surface area contributed by atoms with Gasteiger partial charge in [0.1, 0.15) is 6.10 Å². The van der Waals surface area contributed by atoms with Crippen molar-refractivity contribution in [2.24, 2.45) is 5.16 Å². The maximum absolute atomic E-state index is 5.73. The highest BCUT2D eigenvalue weighted by Crippen LogP contribution is 2.49. The van der Waals surface area contributed by atoms with E-state index in [4.69, 9.17) is 23.8 Å². The van der Waals surface area contributed by atoms with Crippen molar-refractivity contribution in [2.75, 3.05) is 40.6 Å². The first-order chi connectivity index (χ1) is 13.3. The molecule has 3 heterocycles. The van der Waals surface area contributed by atoms with Gasteiger partial charge in [-0.05, 0) is 32.0 Å². The lowest BCUT2D eigenvalue weighted by Crippen LogP contribution is -2.30. The van der Waals surface area contributed by atoms with E-state index in [0.717, 1.165) is 37.3 Å². The molecule has 0 aliphatic carbocycles. The number of ether oxygens (including phenoxy) is 4. The topological polar surface area (TPSA) is 61.8 Å². The molecule has 7 nitrogen and oxygen atoms in total. The maximum atomic E-state index is 5.73. The van der Waals surface area contributed by atoms with Gasteiger partial charge in [0.25, 0.3) is 0 Å². The van der Waals surface area contributed by atoms with Gasteiger partial charge in [0.05, 0.1) is 19.9 Å². The predicted octanol–water partition coefficient (Wildman–Crippen LogP) is 3.00. The largest absolute Gasteiger partial charge is 0.493 e. The third kappa shape index (κ3) is 3.93. The van der Waals surface area contributed by atoms with Gasteiger partial charge in [-0.25, -0.2) is 0 Å². The Morgan fingerprint density at radius 1 is 1.07 bits per heavy atom. The lowest BCUT2D eigenvalue weighted by Gasteiger charge is -2.19. The Hall–Kier alpha value is -2.15. The Morgan fingerprint density at radius 3 is 2.59 bits per heavy atom. The zero-order valence-corrected chi connectivity index (χ0v) is 16.2. The summed E-state index contributed by atoms with van der Waals surface area (Å²) < 4.78 is 22.2. The van der Waals surface area contributed by atoms with Gasteiger partial charge in [-0.2, -0.15) is 0 Å². The van der Waals surface area contributed by atoms with Crippen LogP contribution in [0.1, 0.15) is 37.7 Å². The van der Waals surface area contributed by atoms with Crippen LogP contribution in [0.15, 0.2) is 11.2 Å². The predicted molar refractivity (Wildman–Crippen MR) is 101 cm³/mol. The molecule has 0 aromatic heterocycles. The van der Waals surface area contributed by atoms with Crippen LogP contribution in [0.2, 0.25) is 0 Å². The number of nitrogens with zero attached hydrogens (tertiary/aromatic N) is 2. The molecule has 1 aromatic rings. The van der Waals surface area contributed by atoms with Crippen LogP contribution in [0, 0.1) is 0 Å². The average molecular weight is 376 g/mol. The van der Waals surface area contributed by atoms with Crippen molar-refractivity contribution in [1.29, 1.82) is 0 Å². The highest BCUT2D eigenvalue weighted by Gasteiger charge is 2.30. The van der Waals surface area contributed by atoms with Crippen molar-refractivity contribution >= 4 is 5.71 Å². The van der Waals surface area contributed by atoms with Crippen LogP contribution < -0.4 is 18.9 Å². The molecule has 0 saturated carbocycles. The Kier molecular flexibility index (Phi) is 5.57. The molecule has 3 aliphatic rings. The van der Waals surface area contributed by atoms with Crippen LogP contribution in [-0.4, -0.2) is 57.4 Å². The summed E-state index contributed by atoms with van der Waals surface area (Å²) in [5, 5.41) is 4.36. The number of hydrogen-bond acceptors (Lipinski definition) is 7. The molecule has 4 rings (SSSR count). The third-order valence-corrected chi connectivity index (χ3v) is 5.41. The Morgan fingerprint density at radius 2 is 1.85 bits per heavy atom. The number of rotatable bonds is 6. The fraction of sp³-hybridized carbons (Fsp3) is 0.650. The number of oxime groups is 1. The molecular weight excluding hydrogens is 348 g/mol. The van der Waals surface area contributed by atoms with E-state index in [-0.39, 0.29) is 12.9 Å². The molecule has 0 unspecified atom stereocenters. The van der Waals surface area contributed by atoms with Gasteiger partial charge in [-0.3, -0.25) is 4.90 Å². The maximum Gasteiger partial charge on any atom is 0.231 e. The summed E-state index contributed by atoms with van der Waals surface area (Å²) in [6, 6.07) is 1.95. The van der Waals surface area contributed by atoms with E-state index in [0.29, 0.717) is 29.4 Å². The summed E-state index contributed by atoms with van der Waals surface area (Å²) in [7, 11) is 3.27. The second-order valence-electron chi connectivity index (χ2n) is 7.32. The number of fused-ring (bicyclic) bond motifs is 1. The van der Waals surface area contributed by atoms with Gasteiger partial charge in [0.2, 0.25) is 18.3 Å². The van der Waals surface area contributed by atoms with Crippen LogP contribution in [0.25, 0.3) is 0 Å². The minimum Gasteiger partial charge on any atom is -0.493 e. The summed E-state index contributed by atoms with van der Waals surface area (Å²) in [5.74, 6) is 2.55. The lowest BCUT2D eigenvalue weighted by atomic mass is 10.0. The standard InChI is InChI=1S/C20H28N2O5/c1-23-17-10-14(18(24-2)20-19(17)25-13-26-20)9-16-11-15(21-27-16)12-22-7-5-3-4-6-8-22/h10,16H,3-9,11-13H2,1-2H3/t16-/m1/s1. The first-order valence-electron chi connectivity index (χ1n) is 9.76. The SMILES string of the molecule is COc1cc(C[C@@H]2CC(CN3CCCCCC3)=NO2)c(OC)c2c1OCO2. The lowest BCUT2D eigenvalue weighted by molar-refractivity contribution is 0.0852. The molecule has 0 spiro atoms. The molecule has 1 atom stereocenters. The minimum absolute atomic E-state index is 0.00551. The van der Waals surface area contributed by atoms with E-state index in [1.807, 2.05) is 6.07 Å². The molecule has 27 heavy (non-hydrogen) atoms. The van der Waals surface area contributed by atoms with Crippen LogP contribution in [0.4, 0.5) is 0 Å². The summed E-state index contributed by atoms with van der Waals surface area (Å²) in [6.45, 7) is 3.42. The van der Waals surface area contributed by atoms with E-state index in [2.05, 4.69) is 10.1 Å². The van der Waals surface area contributed by atoms with Gasteiger partial charge >= 0.3 is 0 Å².